The molecule has 0 aromatic heterocycles. The van der Waals surface area contributed by atoms with Gasteiger partial charge in [-0.3, -0.25) is 14.4 Å². The summed E-state index contributed by atoms with van der Waals surface area (Å²) >= 11 is 0. The van der Waals surface area contributed by atoms with Crippen LogP contribution in [-0.4, -0.2) is 45.0 Å². The maximum Gasteiger partial charge on any atom is 0.307 e. The van der Waals surface area contributed by atoms with E-state index in [4.69, 9.17) is 0 Å². The summed E-state index contributed by atoms with van der Waals surface area (Å²) in [5, 5.41) is 8.35. The van der Waals surface area contributed by atoms with Gasteiger partial charge in [-0.1, -0.05) is 6.92 Å². The van der Waals surface area contributed by atoms with E-state index < -0.39 is 0 Å². The van der Waals surface area contributed by atoms with Crippen molar-refractivity contribution >= 4 is 35.9 Å². The third-order valence-corrected chi connectivity index (χ3v) is 3.21. The van der Waals surface area contributed by atoms with Crippen LogP contribution in [0.25, 0.3) is 0 Å². The lowest BCUT2D eigenvalue weighted by Gasteiger charge is -2.12. The number of anilines is 1. The summed E-state index contributed by atoms with van der Waals surface area (Å²) in [6.07, 6.45) is 0.125. The maximum atomic E-state index is 11.9. The summed E-state index contributed by atoms with van der Waals surface area (Å²) in [5.74, 6) is -0.898. The zero-order valence-corrected chi connectivity index (χ0v) is 14.9. The van der Waals surface area contributed by atoms with Crippen LogP contribution in [0.2, 0.25) is 0 Å². The third kappa shape index (κ3) is 7.43. The molecule has 134 valence electrons. The van der Waals surface area contributed by atoms with Crippen molar-refractivity contribution < 1.29 is 19.1 Å². The second kappa shape index (κ2) is 11.4. The minimum atomic E-state index is -0.376. The Morgan fingerprint density at radius 2 is 1.79 bits per heavy atom. The fourth-order valence-electron chi connectivity index (χ4n) is 1.85. The zero-order chi connectivity index (χ0) is 17.2. The lowest BCUT2D eigenvalue weighted by atomic mass is 10.1. The molecule has 1 atom stereocenters. The molecule has 7 nitrogen and oxygen atoms in total. The number of benzene rings is 1. The predicted octanol–water partition coefficient (Wildman–Crippen LogP) is 1.20. The molecule has 2 amide bonds. The number of carbonyl (C=O) groups excluding carboxylic acids is 3. The Hall–Kier alpha value is -2.12. The standard InChI is InChI=1S/C16H23N3O4.ClH/c1-11(10-17-2)15(21)19-13-6-4-12(5-7-13)16(22)18-9-8-14(20)23-3;/h4-7,11,17H,8-10H2,1-3H3,(H,18,22)(H,19,21);1H. The molecule has 1 aromatic carbocycles. The van der Waals surface area contributed by atoms with Crippen LogP contribution in [0.3, 0.4) is 0 Å². The Balaban J connectivity index is 0.00000529. The molecule has 0 saturated heterocycles. The average molecular weight is 358 g/mol. The number of nitrogens with one attached hydrogen (secondary N) is 3. The van der Waals surface area contributed by atoms with Crippen LogP contribution >= 0.6 is 12.4 Å². The van der Waals surface area contributed by atoms with Crippen molar-refractivity contribution in [2.45, 2.75) is 13.3 Å². The molecule has 24 heavy (non-hydrogen) atoms. The Bertz CT molecular complexity index is 549. The van der Waals surface area contributed by atoms with E-state index in [0.717, 1.165) is 0 Å². The van der Waals surface area contributed by atoms with Crippen molar-refractivity contribution in [3.8, 4) is 0 Å². The Morgan fingerprint density at radius 3 is 2.33 bits per heavy atom. The quantitative estimate of drug-likeness (QED) is 0.607. The van der Waals surface area contributed by atoms with Gasteiger partial charge in [0, 0.05) is 30.3 Å². The fraction of sp³-hybridized carbons (Fsp3) is 0.438. The number of halogens is 1. The van der Waals surface area contributed by atoms with Gasteiger partial charge in [0.2, 0.25) is 5.91 Å². The van der Waals surface area contributed by atoms with E-state index in [1.54, 1.807) is 31.3 Å². The predicted molar refractivity (Wildman–Crippen MR) is 94.4 cm³/mol. The molecule has 0 aliphatic heterocycles. The average Bonchev–Trinajstić information content (AvgIpc) is 2.55. The molecular formula is C16H24ClN3O4. The molecule has 0 radical (unpaired) electrons. The van der Waals surface area contributed by atoms with Crippen molar-refractivity contribution in [3.05, 3.63) is 29.8 Å². The highest BCUT2D eigenvalue weighted by molar-refractivity contribution is 5.96. The molecule has 1 rings (SSSR count). The minimum Gasteiger partial charge on any atom is -0.469 e. The van der Waals surface area contributed by atoms with Crippen LogP contribution < -0.4 is 16.0 Å². The topological polar surface area (TPSA) is 96.5 Å². The van der Waals surface area contributed by atoms with Crippen LogP contribution in [0, 0.1) is 5.92 Å². The third-order valence-electron chi connectivity index (χ3n) is 3.21. The van der Waals surface area contributed by atoms with E-state index in [1.165, 1.54) is 7.11 Å². The Labute approximate surface area is 147 Å². The van der Waals surface area contributed by atoms with Crippen LogP contribution in [0.4, 0.5) is 5.69 Å². The molecular weight excluding hydrogens is 334 g/mol. The maximum absolute atomic E-state index is 11.9. The summed E-state index contributed by atoms with van der Waals surface area (Å²) in [6, 6.07) is 6.57. The molecule has 0 spiro atoms. The SMILES string of the molecule is CNCC(C)C(=O)Nc1ccc(C(=O)NCCC(=O)OC)cc1.Cl. The van der Waals surface area contributed by atoms with Gasteiger partial charge in [-0.15, -0.1) is 12.4 Å². The first-order chi connectivity index (χ1) is 11.0. The Morgan fingerprint density at radius 1 is 1.17 bits per heavy atom. The summed E-state index contributed by atoms with van der Waals surface area (Å²) in [5.41, 5.74) is 1.08. The van der Waals surface area contributed by atoms with Gasteiger partial charge >= 0.3 is 5.97 Å². The number of esters is 1. The second-order valence-electron chi connectivity index (χ2n) is 5.11. The van der Waals surface area contributed by atoms with Gasteiger partial charge in [-0.2, -0.15) is 0 Å². The van der Waals surface area contributed by atoms with Crippen LogP contribution in [0.5, 0.6) is 0 Å². The largest absolute Gasteiger partial charge is 0.469 e. The highest BCUT2D eigenvalue weighted by Gasteiger charge is 2.12. The van der Waals surface area contributed by atoms with Crippen LogP contribution in [0.15, 0.2) is 24.3 Å². The van der Waals surface area contributed by atoms with Gasteiger partial charge < -0.3 is 20.7 Å². The number of carbonyl (C=O) groups is 3. The highest BCUT2D eigenvalue weighted by Crippen LogP contribution is 2.11. The van der Waals surface area contributed by atoms with Gasteiger partial charge in [-0.05, 0) is 31.3 Å². The summed E-state index contributed by atoms with van der Waals surface area (Å²) < 4.78 is 4.49. The lowest BCUT2D eigenvalue weighted by molar-refractivity contribution is -0.140. The number of rotatable bonds is 8. The minimum absolute atomic E-state index is 0. The normalized spacial score (nSPS) is 11.0. The van der Waals surface area contributed by atoms with Crippen molar-refractivity contribution in [2.24, 2.45) is 5.92 Å². The van der Waals surface area contributed by atoms with Gasteiger partial charge in [0.15, 0.2) is 0 Å². The van der Waals surface area contributed by atoms with Gasteiger partial charge in [0.05, 0.1) is 13.5 Å². The first-order valence-electron chi connectivity index (χ1n) is 7.38. The molecule has 0 bridgehead atoms. The monoisotopic (exact) mass is 357 g/mol. The van der Waals surface area contributed by atoms with Crippen LogP contribution in [0.1, 0.15) is 23.7 Å². The summed E-state index contributed by atoms with van der Waals surface area (Å²) in [7, 11) is 3.09. The molecule has 0 heterocycles. The van der Waals surface area contributed by atoms with E-state index in [-0.39, 0.29) is 49.1 Å². The lowest BCUT2D eigenvalue weighted by Crippen LogP contribution is -2.28. The zero-order valence-electron chi connectivity index (χ0n) is 14.0. The number of methoxy groups -OCH3 is 1. The van der Waals surface area contributed by atoms with Crippen molar-refractivity contribution in [1.29, 1.82) is 0 Å². The van der Waals surface area contributed by atoms with E-state index in [0.29, 0.717) is 17.8 Å². The van der Waals surface area contributed by atoms with E-state index in [9.17, 15) is 14.4 Å². The second-order valence-corrected chi connectivity index (χ2v) is 5.11. The van der Waals surface area contributed by atoms with Gasteiger partial charge in [0.1, 0.15) is 0 Å². The first kappa shape index (κ1) is 21.9. The molecule has 0 aliphatic carbocycles. The fourth-order valence-corrected chi connectivity index (χ4v) is 1.85. The van der Waals surface area contributed by atoms with E-state index in [2.05, 4.69) is 20.7 Å². The van der Waals surface area contributed by atoms with E-state index >= 15 is 0 Å². The molecule has 0 fully saturated rings. The summed E-state index contributed by atoms with van der Waals surface area (Å²) in [6.45, 7) is 2.63. The number of hydrogen-bond acceptors (Lipinski definition) is 5. The van der Waals surface area contributed by atoms with Gasteiger partial charge in [0.25, 0.3) is 5.91 Å². The summed E-state index contributed by atoms with van der Waals surface area (Å²) in [4.78, 5) is 34.7. The van der Waals surface area contributed by atoms with Gasteiger partial charge in [-0.25, -0.2) is 0 Å². The van der Waals surface area contributed by atoms with Crippen molar-refractivity contribution in [3.63, 3.8) is 0 Å². The van der Waals surface area contributed by atoms with Crippen molar-refractivity contribution in [1.82, 2.24) is 10.6 Å². The highest BCUT2D eigenvalue weighted by atomic mass is 35.5. The van der Waals surface area contributed by atoms with E-state index in [1.807, 2.05) is 6.92 Å². The molecule has 3 N–H and O–H groups in total. The molecule has 8 heteroatoms. The number of amides is 2. The number of hydrogen-bond donors (Lipinski definition) is 3. The smallest absolute Gasteiger partial charge is 0.307 e. The molecule has 0 saturated carbocycles. The van der Waals surface area contributed by atoms with Crippen LogP contribution in [-0.2, 0) is 14.3 Å². The first-order valence-corrected chi connectivity index (χ1v) is 7.38. The molecule has 1 aromatic rings. The van der Waals surface area contributed by atoms with Crippen molar-refractivity contribution in [2.75, 3.05) is 32.6 Å². The number of ether oxygens (including phenoxy) is 1. The molecule has 1 unspecified atom stereocenters. The Kier molecular flexibility index (Phi) is 10.4. The molecule has 0 aliphatic rings.